The fourth-order valence-electron chi connectivity index (χ4n) is 1.70. The molecule has 1 N–H and O–H groups in total. The van der Waals surface area contributed by atoms with E-state index in [4.69, 9.17) is 11.5 Å². The van der Waals surface area contributed by atoms with Crippen LogP contribution in [-0.4, -0.2) is 16.1 Å². The maximum absolute atomic E-state index is 11.0. The number of aliphatic carboxylic acids is 1. The van der Waals surface area contributed by atoms with Crippen molar-refractivity contribution < 1.29 is 9.90 Å². The predicted octanol–water partition coefficient (Wildman–Crippen LogP) is 3.95. The van der Waals surface area contributed by atoms with E-state index in [9.17, 15) is 4.79 Å². The van der Waals surface area contributed by atoms with Gasteiger partial charge in [0.15, 0.2) is 0 Å². The summed E-state index contributed by atoms with van der Waals surface area (Å²) in [6, 6.07) is 8.05. The molecule has 0 radical (unpaired) electrons. The van der Waals surface area contributed by atoms with Crippen molar-refractivity contribution in [3.05, 3.63) is 52.0 Å². The van der Waals surface area contributed by atoms with E-state index in [2.05, 4.69) is 10.9 Å². The molecule has 2 aromatic heterocycles. The maximum Gasteiger partial charge on any atom is 0.342 e. The van der Waals surface area contributed by atoms with E-state index >= 15 is 0 Å². The first kappa shape index (κ1) is 15.4. The molecule has 3 nitrogen and oxygen atoms in total. The van der Waals surface area contributed by atoms with E-state index in [0.29, 0.717) is 5.75 Å². The molecule has 0 amide bonds. The zero-order chi connectivity index (χ0) is 15.2. The summed E-state index contributed by atoms with van der Waals surface area (Å²) in [5, 5.41) is 9.01. The van der Waals surface area contributed by atoms with Gasteiger partial charge in [-0.3, -0.25) is 4.98 Å². The average molecular weight is 315 g/mol. The first-order valence-electron chi connectivity index (χ1n) is 6.14. The van der Waals surface area contributed by atoms with Gasteiger partial charge < -0.3 is 5.11 Å². The van der Waals surface area contributed by atoms with E-state index in [1.54, 1.807) is 17.5 Å². The average Bonchev–Trinajstić information content (AvgIpc) is 2.92. The largest absolute Gasteiger partial charge is 0.477 e. The monoisotopic (exact) mass is 315 g/mol. The third-order valence-electron chi connectivity index (χ3n) is 2.64. The molecule has 106 valence electrons. The highest BCUT2D eigenvalue weighted by Crippen LogP contribution is 2.32. The van der Waals surface area contributed by atoms with Gasteiger partial charge in [-0.1, -0.05) is 5.92 Å². The fourth-order valence-corrected chi connectivity index (χ4v) is 3.58. The van der Waals surface area contributed by atoms with Crippen LogP contribution in [0.15, 0.2) is 41.4 Å². The summed E-state index contributed by atoms with van der Waals surface area (Å²) in [6.45, 7) is 1.96. The molecule has 2 aromatic rings. The molecule has 0 aromatic carbocycles. The number of terminal acetylenes is 1. The predicted molar refractivity (Wildman–Crippen MR) is 88.1 cm³/mol. The number of hydrogen-bond acceptors (Lipinski definition) is 4. The molecule has 0 saturated carbocycles. The number of aryl methyl sites for hydroxylation is 1. The number of thioether (sulfide) groups is 1. The number of carbonyl (C=O) groups is 1. The summed E-state index contributed by atoms with van der Waals surface area (Å²) in [4.78, 5) is 17.6. The van der Waals surface area contributed by atoms with Crippen molar-refractivity contribution in [1.29, 1.82) is 0 Å². The minimum Gasteiger partial charge on any atom is -0.477 e. The Kier molecular flexibility index (Phi) is 5.20. The van der Waals surface area contributed by atoms with Gasteiger partial charge in [-0.2, -0.15) is 0 Å². The lowest BCUT2D eigenvalue weighted by atomic mass is 10.2. The standard InChI is InChI=1S/C16H13NO2S2/c1-3-4-15(16(18)19)20-10-13-5-6-14(21-13)12-7-8-17-11(2)9-12/h1,4-9H,10H2,2H3,(H,18,19)/b15-4-. The lowest BCUT2D eigenvalue weighted by molar-refractivity contribution is -0.131. The van der Waals surface area contributed by atoms with Crippen LogP contribution in [0.5, 0.6) is 0 Å². The molecular formula is C16H13NO2S2. The van der Waals surface area contributed by atoms with Crippen LogP contribution in [0.1, 0.15) is 10.6 Å². The number of carboxylic acids is 1. The summed E-state index contributed by atoms with van der Waals surface area (Å²) in [5.74, 6) is 1.86. The van der Waals surface area contributed by atoms with Crippen molar-refractivity contribution in [2.75, 3.05) is 0 Å². The second-order valence-corrected chi connectivity index (χ2v) is 6.41. The normalized spacial score (nSPS) is 11.1. The number of carboxylic acid groups (broad SMARTS) is 1. The Morgan fingerprint density at radius 1 is 1.52 bits per heavy atom. The zero-order valence-electron chi connectivity index (χ0n) is 11.4. The number of allylic oxidation sites excluding steroid dienone is 1. The van der Waals surface area contributed by atoms with E-state index < -0.39 is 5.97 Å². The highest BCUT2D eigenvalue weighted by Gasteiger charge is 2.09. The van der Waals surface area contributed by atoms with Gasteiger partial charge in [0, 0.05) is 33.5 Å². The highest BCUT2D eigenvalue weighted by atomic mass is 32.2. The molecule has 0 fully saturated rings. The fraction of sp³-hybridized carbons (Fsp3) is 0.125. The Labute approximate surface area is 131 Å². The molecule has 2 rings (SSSR count). The molecule has 0 saturated heterocycles. The molecule has 0 aliphatic rings. The van der Waals surface area contributed by atoms with E-state index in [-0.39, 0.29) is 4.91 Å². The van der Waals surface area contributed by atoms with Gasteiger partial charge in [0.25, 0.3) is 0 Å². The van der Waals surface area contributed by atoms with Crippen molar-refractivity contribution in [1.82, 2.24) is 4.98 Å². The van der Waals surface area contributed by atoms with Crippen LogP contribution in [-0.2, 0) is 10.5 Å². The van der Waals surface area contributed by atoms with Gasteiger partial charge in [-0.25, -0.2) is 4.79 Å². The van der Waals surface area contributed by atoms with Crippen LogP contribution < -0.4 is 0 Å². The quantitative estimate of drug-likeness (QED) is 0.670. The Morgan fingerprint density at radius 3 is 3.00 bits per heavy atom. The smallest absolute Gasteiger partial charge is 0.342 e. The molecular weight excluding hydrogens is 302 g/mol. The molecule has 5 heteroatoms. The molecule has 0 atom stereocenters. The van der Waals surface area contributed by atoms with Crippen molar-refractivity contribution >= 4 is 29.1 Å². The SMILES string of the molecule is C#C/C=C(\SCc1ccc(-c2ccnc(C)c2)s1)C(=O)O. The second kappa shape index (κ2) is 7.11. The van der Waals surface area contributed by atoms with Crippen molar-refractivity contribution in [2.24, 2.45) is 0 Å². The Bertz CT molecular complexity index is 726. The van der Waals surface area contributed by atoms with E-state index in [1.807, 2.05) is 31.2 Å². The van der Waals surface area contributed by atoms with Crippen LogP contribution in [0.3, 0.4) is 0 Å². The number of thiophene rings is 1. The molecule has 2 heterocycles. The van der Waals surface area contributed by atoms with Crippen molar-refractivity contribution in [3.8, 4) is 22.8 Å². The van der Waals surface area contributed by atoms with Crippen LogP contribution in [0.25, 0.3) is 10.4 Å². The molecule has 0 spiro atoms. The van der Waals surface area contributed by atoms with E-state index in [0.717, 1.165) is 21.0 Å². The number of nitrogens with zero attached hydrogens (tertiary/aromatic N) is 1. The highest BCUT2D eigenvalue weighted by molar-refractivity contribution is 8.03. The maximum atomic E-state index is 11.0. The van der Waals surface area contributed by atoms with Gasteiger partial charge in [-0.15, -0.1) is 29.5 Å². The molecule has 0 bridgehead atoms. The van der Waals surface area contributed by atoms with E-state index in [1.165, 1.54) is 17.8 Å². The van der Waals surface area contributed by atoms with Crippen LogP contribution in [0, 0.1) is 19.3 Å². The van der Waals surface area contributed by atoms with Gasteiger partial charge in [0.2, 0.25) is 0 Å². The Balaban J connectivity index is 2.09. The summed E-state index contributed by atoms with van der Waals surface area (Å²) >= 11 is 2.88. The summed E-state index contributed by atoms with van der Waals surface area (Å²) in [6.07, 6.45) is 8.20. The van der Waals surface area contributed by atoms with Gasteiger partial charge in [0.1, 0.15) is 4.91 Å². The van der Waals surface area contributed by atoms with Crippen LogP contribution in [0.2, 0.25) is 0 Å². The number of aromatic nitrogens is 1. The lowest BCUT2D eigenvalue weighted by Gasteiger charge is -2.00. The summed E-state index contributed by atoms with van der Waals surface area (Å²) in [5.41, 5.74) is 2.10. The zero-order valence-corrected chi connectivity index (χ0v) is 13.0. The van der Waals surface area contributed by atoms with Crippen LogP contribution >= 0.6 is 23.1 Å². The van der Waals surface area contributed by atoms with Crippen LogP contribution in [0.4, 0.5) is 0 Å². The second-order valence-electron chi connectivity index (χ2n) is 4.22. The topological polar surface area (TPSA) is 50.2 Å². The Hall–Kier alpha value is -2.03. The van der Waals surface area contributed by atoms with Crippen molar-refractivity contribution in [3.63, 3.8) is 0 Å². The van der Waals surface area contributed by atoms with Gasteiger partial charge in [0.05, 0.1) is 0 Å². The third-order valence-corrected chi connectivity index (χ3v) is 5.01. The summed E-state index contributed by atoms with van der Waals surface area (Å²) in [7, 11) is 0. The number of rotatable bonds is 5. The van der Waals surface area contributed by atoms with Gasteiger partial charge in [-0.05, 0) is 36.8 Å². The lowest BCUT2D eigenvalue weighted by Crippen LogP contribution is -1.96. The first-order chi connectivity index (χ1) is 10.1. The third kappa shape index (κ3) is 4.22. The molecule has 0 aliphatic heterocycles. The number of hydrogen-bond donors (Lipinski definition) is 1. The minimum atomic E-state index is -0.987. The van der Waals surface area contributed by atoms with Gasteiger partial charge >= 0.3 is 5.97 Å². The molecule has 0 unspecified atom stereocenters. The molecule has 0 aliphatic carbocycles. The summed E-state index contributed by atoms with van der Waals surface area (Å²) < 4.78 is 0. The number of pyridine rings is 1. The van der Waals surface area contributed by atoms with Crippen molar-refractivity contribution in [2.45, 2.75) is 12.7 Å². The first-order valence-corrected chi connectivity index (χ1v) is 7.94. The Morgan fingerprint density at radius 2 is 2.33 bits per heavy atom. The molecule has 21 heavy (non-hydrogen) atoms. The minimum absolute atomic E-state index is 0.187.